The van der Waals surface area contributed by atoms with E-state index in [9.17, 15) is 4.79 Å². The largest absolute Gasteiger partial charge is 0.295 e. The molecule has 2 aromatic rings. The molecule has 0 N–H and O–H groups in total. The van der Waals surface area contributed by atoms with Crippen LogP contribution in [-0.4, -0.2) is 28.2 Å². The lowest BCUT2D eigenvalue weighted by Gasteiger charge is -2.16. The second kappa shape index (κ2) is 4.38. The Kier molecular flexibility index (Phi) is 2.71. The summed E-state index contributed by atoms with van der Waals surface area (Å²) in [4.78, 5) is 17.1. The molecule has 0 spiro atoms. The molecule has 0 aromatic carbocycles. The van der Waals surface area contributed by atoms with Crippen molar-refractivity contribution in [2.24, 2.45) is 5.10 Å². The minimum atomic E-state index is 0.0255. The van der Waals surface area contributed by atoms with Crippen LogP contribution in [0.1, 0.15) is 5.69 Å². The smallest absolute Gasteiger partial charge is 0.270 e. The van der Waals surface area contributed by atoms with Gasteiger partial charge in [-0.05, 0) is 18.2 Å². The SMILES string of the molecule is CN1CCn2c(s/c(=C\c3ccccn3)c2=O)=N1. The Bertz CT molecular complexity index is 732. The predicted molar refractivity (Wildman–Crippen MR) is 69.8 cm³/mol. The molecule has 0 radical (unpaired) electrons. The van der Waals surface area contributed by atoms with Gasteiger partial charge in [-0.25, -0.2) is 0 Å². The molecule has 0 atom stereocenters. The third-order valence-electron chi connectivity index (χ3n) is 2.76. The van der Waals surface area contributed by atoms with E-state index in [0.29, 0.717) is 11.1 Å². The van der Waals surface area contributed by atoms with E-state index in [4.69, 9.17) is 0 Å². The first-order valence-corrected chi connectivity index (χ1v) is 6.48. The van der Waals surface area contributed by atoms with Crippen LogP contribution in [0.25, 0.3) is 6.08 Å². The van der Waals surface area contributed by atoms with Gasteiger partial charge < -0.3 is 0 Å². The number of nitrogens with zero attached hydrogens (tertiary/aromatic N) is 4. The Morgan fingerprint density at radius 3 is 3.06 bits per heavy atom. The van der Waals surface area contributed by atoms with Crippen LogP contribution in [-0.2, 0) is 6.54 Å². The first kappa shape index (κ1) is 11.2. The first-order valence-electron chi connectivity index (χ1n) is 5.66. The highest BCUT2D eigenvalue weighted by atomic mass is 32.1. The zero-order chi connectivity index (χ0) is 12.5. The van der Waals surface area contributed by atoms with Gasteiger partial charge in [0.15, 0.2) is 0 Å². The number of fused-ring (bicyclic) bond motifs is 1. The van der Waals surface area contributed by atoms with Crippen molar-refractivity contribution in [3.05, 3.63) is 49.8 Å². The van der Waals surface area contributed by atoms with Crippen LogP contribution in [0.3, 0.4) is 0 Å². The fraction of sp³-hybridized carbons (Fsp3) is 0.250. The molecule has 5 nitrogen and oxygen atoms in total. The zero-order valence-corrected chi connectivity index (χ0v) is 10.7. The maximum atomic E-state index is 12.2. The maximum absolute atomic E-state index is 12.2. The second-order valence-electron chi connectivity index (χ2n) is 4.09. The number of likely N-dealkylation sites (N-methyl/N-ethyl adjacent to an activating group) is 1. The van der Waals surface area contributed by atoms with Crippen LogP contribution in [0.4, 0.5) is 0 Å². The Hall–Kier alpha value is -1.95. The highest BCUT2D eigenvalue weighted by Gasteiger charge is 2.11. The molecule has 0 saturated carbocycles. The molecule has 3 heterocycles. The normalized spacial score (nSPS) is 15.4. The van der Waals surface area contributed by atoms with Gasteiger partial charge in [0.05, 0.1) is 16.8 Å². The van der Waals surface area contributed by atoms with E-state index in [1.54, 1.807) is 10.8 Å². The average Bonchev–Trinajstić information content (AvgIpc) is 2.67. The minimum Gasteiger partial charge on any atom is -0.295 e. The summed E-state index contributed by atoms with van der Waals surface area (Å²) < 4.78 is 2.40. The van der Waals surface area contributed by atoms with Crippen molar-refractivity contribution in [1.82, 2.24) is 14.6 Å². The molecular weight excluding hydrogens is 248 g/mol. The van der Waals surface area contributed by atoms with Crippen LogP contribution in [0, 0.1) is 0 Å². The summed E-state index contributed by atoms with van der Waals surface area (Å²) in [6.45, 7) is 1.47. The van der Waals surface area contributed by atoms with E-state index < -0.39 is 0 Å². The Morgan fingerprint density at radius 1 is 1.39 bits per heavy atom. The van der Waals surface area contributed by atoms with Crippen molar-refractivity contribution in [3.8, 4) is 0 Å². The Labute approximate surface area is 107 Å². The van der Waals surface area contributed by atoms with Gasteiger partial charge >= 0.3 is 0 Å². The lowest BCUT2D eigenvalue weighted by atomic mass is 10.3. The summed E-state index contributed by atoms with van der Waals surface area (Å²) in [5, 5.41) is 6.20. The number of rotatable bonds is 1. The van der Waals surface area contributed by atoms with Crippen molar-refractivity contribution >= 4 is 17.4 Å². The van der Waals surface area contributed by atoms with E-state index in [1.807, 2.05) is 36.3 Å². The summed E-state index contributed by atoms with van der Waals surface area (Å²) in [6.07, 6.45) is 3.53. The molecule has 0 amide bonds. The number of thiazole rings is 1. The fourth-order valence-corrected chi connectivity index (χ4v) is 2.85. The first-order chi connectivity index (χ1) is 8.74. The van der Waals surface area contributed by atoms with Crippen molar-refractivity contribution < 1.29 is 0 Å². The van der Waals surface area contributed by atoms with Gasteiger partial charge in [-0.3, -0.25) is 19.4 Å². The summed E-state index contributed by atoms with van der Waals surface area (Å²) in [6, 6.07) is 5.64. The number of hydrogen-bond donors (Lipinski definition) is 0. The molecule has 0 bridgehead atoms. The van der Waals surface area contributed by atoms with Crippen LogP contribution in [0.2, 0.25) is 0 Å². The molecule has 0 fully saturated rings. The van der Waals surface area contributed by atoms with Crippen molar-refractivity contribution in [2.45, 2.75) is 6.54 Å². The molecule has 92 valence electrons. The fourth-order valence-electron chi connectivity index (χ4n) is 1.82. The summed E-state index contributed by atoms with van der Waals surface area (Å²) >= 11 is 1.41. The van der Waals surface area contributed by atoms with Crippen molar-refractivity contribution in [1.29, 1.82) is 0 Å². The van der Waals surface area contributed by atoms with Gasteiger partial charge in [-0.1, -0.05) is 17.4 Å². The van der Waals surface area contributed by atoms with E-state index >= 15 is 0 Å². The summed E-state index contributed by atoms with van der Waals surface area (Å²) in [5.74, 6) is 0. The van der Waals surface area contributed by atoms with Gasteiger partial charge in [0.1, 0.15) is 0 Å². The third-order valence-corrected chi connectivity index (χ3v) is 3.76. The third kappa shape index (κ3) is 1.95. The molecule has 0 unspecified atom stereocenters. The lowest BCUT2D eigenvalue weighted by molar-refractivity contribution is 0.290. The molecule has 0 aliphatic carbocycles. The molecule has 18 heavy (non-hydrogen) atoms. The van der Waals surface area contributed by atoms with Crippen LogP contribution in [0.15, 0.2) is 34.3 Å². The number of pyridine rings is 1. The van der Waals surface area contributed by atoms with E-state index in [1.165, 1.54) is 11.3 Å². The van der Waals surface area contributed by atoms with Crippen LogP contribution < -0.4 is 14.9 Å². The highest BCUT2D eigenvalue weighted by Crippen LogP contribution is 1.95. The standard InChI is InChI=1S/C12H12N4OS/c1-15-6-7-16-11(17)10(18-12(16)14-15)8-9-4-2-3-5-13-9/h2-5,8H,6-7H2,1H3/b10-8-. The predicted octanol–water partition coefficient (Wildman–Crippen LogP) is -0.386. The summed E-state index contributed by atoms with van der Waals surface area (Å²) in [7, 11) is 1.91. The molecule has 6 heteroatoms. The average molecular weight is 260 g/mol. The quantitative estimate of drug-likeness (QED) is 0.702. The zero-order valence-electron chi connectivity index (χ0n) is 9.91. The summed E-state index contributed by atoms with van der Waals surface area (Å²) in [5.41, 5.74) is 0.819. The molecule has 0 saturated heterocycles. The van der Waals surface area contributed by atoms with Gasteiger partial charge in [0.25, 0.3) is 5.56 Å². The molecule has 1 aliphatic heterocycles. The Balaban J connectivity index is 2.19. The minimum absolute atomic E-state index is 0.0255. The molecular formula is C12H12N4OS. The maximum Gasteiger partial charge on any atom is 0.270 e. The highest BCUT2D eigenvalue weighted by molar-refractivity contribution is 7.07. The van der Waals surface area contributed by atoms with Gasteiger partial charge in [0, 0.05) is 19.8 Å². The van der Waals surface area contributed by atoms with Gasteiger partial charge in [0.2, 0.25) is 4.80 Å². The van der Waals surface area contributed by atoms with E-state index in [-0.39, 0.29) is 5.56 Å². The van der Waals surface area contributed by atoms with E-state index in [0.717, 1.165) is 17.0 Å². The van der Waals surface area contributed by atoms with Gasteiger partial charge in [-0.15, -0.1) is 5.10 Å². The topological polar surface area (TPSA) is 50.5 Å². The monoisotopic (exact) mass is 260 g/mol. The number of hydrogen-bond acceptors (Lipinski definition) is 5. The molecule has 2 aromatic heterocycles. The van der Waals surface area contributed by atoms with Crippen LogP contribution >= 0.6 is 11.3 Å². The second-order valence-corrected chi connectivity index (χ2v) is 5.09. The van der Waals surface area contributed by atoms with Gasteiger partial charge in [-0.2, -0.15) is 0 Å². The van der Waals surface area contributed by atoms with E-state index in [2.05, 4.69) is 10.1 Å². The van der Waals surface area contributed by atoms with Crippen LogP contribution in [0.5, 0.6) is 0 Å². The Morgan fingerprint density at radius 2 is 2.28 bits per heavy atom. The van der Waals surface area contributed by atoms with Crippen molar-refractivity contribution in [3.63, 3.8) is 0 Å². The molecule has 1 aliphatic rings. The van der Waals surface area contributed by atoms with Crippen molar-refractivity contribution in [2.75, 3.05) is 13.6 Å². The molecule has 3 rings (SSSR count). The lowest BCUT2D eigenvalue weighted by Crippen LogP contribution is -2.39. The number of aromatic nitrogens is 2.